The molecule has 2 heteroatoms. The van der Waals surface area contributed by atoms with E-state index in [1.807, 2.05) is 6.92 Å². The average Bonchev–Trinajstić information content (AvgIpc) is 1.85. The van der Waals surface area contributed by atoms with E-state index in [4.69, 9.17) is 0 Å². The molecule has 52 valence electrons. The molecule has 0 heterocycles. The van der Waals surface area contributed by atoms with Crippen molar-refractivity contribution in [3.63, 3.8) is 0 Å². The van der Waals surface area contributed by atoms with Crippen molar-refractivity contribution >= 4 is 12.4 Å². The predicted octanol–water partition coefficient (Wildman–Crippen LogP) is 2.47. The summed E-state index contributed by atoms with van der Waals surface area (Å²) in [6, 6.07) is 4.57. The van der Waals surface area contributed by atoms with Gasteiger partial charge in [-0.1, -0.05) is 0 Å². The zero-order valence-electron chi connectivity index (χ0n) is 5.76. The molecule has 0 aliphatic heterocycles. The second-order valence-electron chi connectivity index (χ2n) is 2.14. The maximum Gasteiger partial charge on any atom is 0.125 e. The topological polar surface area (TPSA) is 12.4 Å². The molecular formula is C8H8FN. The van der Waals surface area contributed by atoms with Crippen LogP contribution in [0.25, 0.3) is 0 Å². The SMILES string of the molecule is C=Nc1cc(C)cc(F)c1. The highest BCUT2D eigenvalue weighted by molar-refractivity contribution is 5.46. The molecule has 0 spiro atoms. The maximum atomic E-state index is 12.5. The summed E-state index contributed by atoms with van der Waals surface area (Å²) in [7, 11) is 0. The molecule has 0 unspecified atom stereocenters. The van der Waals surface area contributed by atoms with E-state index in [-0.39, 0.29) is 5.82 Å². The molecule has 0 aromatic heterocycles. The molecule has 0 fully saturated rings. The van der Waals surface area contributed by atoms with Crippen molar-refractivity contribution in [1.29, 1.82) is 0 Å². The van der Waals surface area contributed by atoms with E-state index in [0.29, 0.717) is 5.69 Å². The fourth-order valence-corrected chi connectivity index (χ4v) is 0.808. The van der Waals surface area contributed by atoms with Gasteiger partial charge in [0.25, 0.3) is 0 Å². The number of aryl methyl sites for hydroxylation is 1. The molecule has 0 N–H and O–H groups in total. The predicted molar refractivity (Wildman–Crippen MR) is 40.3 cm³/mol. The number of halogens is 1. The summed E-state index contributed by atoms with van der Waals surface area (Å²) in [5.74, 6) is -0.262. The summed E-state index contributed by atoms with van der Waals surface area (Å²) in [5.41, 5.74) is 1.44. The minimum absolute atomic E-state index is 0.262. The van der Waals surface area contributed by atoms with Gasteiger partial charge in [-0.3, -0.25) is 4.99 Å². The normalized spacial score (nSPS) is 9.40. The number of aliphatic imine (C=N–C) groups is 1. The van der Waals surface area contributed by atoms with E-state index in [0.717, 1.165) is 5.56 Å². The van der Waals surface area contributed by atoms with E-state index in [1.54, 1.807) is 6.07 Å². The molecule has 0 saturated carbocycles. The third-order valence-electron chi connectivity index (χ3n) is 1.21. The largest absolute Gasteiger partial charge is 0.265 e. The van der Waals surface area contributed by atoms with Crippen molar-refractivity contribution in [2.45, 2.75) is 6.92 Å². The van der Waals surface area contributed by atoms with Crippen molar-refractivity contribution < 1.29 is 4.39 Å². The Morgan fingerprint density at radius 2 is 2.10 bits per heavy atom. The summed E-state index contributed by atoms with van der Waals surface area (Å²) in [6.07, 6.45) is 0. The Bertz CT molecular complexity index is 235. The smallest absolute Gasteiger partial charge is 0.125 e. The molecule has 0 aliphatic carbocycles. The van der Waals surface area contributed by atoms with Crippen LogP contribution >= 0.6 is 0 Å². The van der Waals surface area contributed by atoms with Gasteiger partial charge in [0.15, 0.2) is 0 Å². The third kappa shape index (κ3) is 1.41. The van der Waals surface area contributed by atoms with Gasteiger partial charge in [0.1, 0.15) is 5.82 Å². The molecule has 0 atom stereocenters. The Morgan fingerprint density at radius 1 is 1.40 bits per heavy atom. The molecule has 1 rings (SSSR count). The maximum absolute atomic E-state index is 12.5. The van der Waals surface area contributed by atoms with Crippen molar-refractivity contribution in [2.24, 2.45) is 4.99 Å². The van der Waals surface area contributed by atoms with Crippen LogP contribution in [0.1, 0.15) is 5.56 Å². The molecule has 1 aromatic rings. The van der Waals surface area contributed by atoms with Crippen molar-refractivity contribution in [2.75, 3.05) is 0 Å². The van der Waals surface area contributed by atoms with Crippen LogP contribution in [0.3, 0.4) is 0 Å². The van der Waals surface area contributed by atoms with Crippen molar-refractivity contribution in [1.82, 2.24) is 0 Å². The second kappa shape index (κ2) is 2.60. The van der Waals surface area contributed by atoms with Crippen LogP contribution in [0.4, 0.5) is 10.1 Å². The molecule has 1 nitrogen and oxygen atoms in total. The average molecular weight is 137 g/mol. The molecule has 0 saturated heterocycles. The van der Waals surface area contributed by atoms with Gasteiger partial charge in [0.05, 0.1) is 5.69 Å². The van der Waals surface area contributed by atoms with Crippen LogP contribution in [-0.2, 0) is 0 Å². The van der Waals surface area contributed by atoms with Gasteiger partial charge in [0, 0.05) is 0 Å². The van der Waals surface area contributed by atoms with Crippen LogP contribution in [0.2, 0.25) is 0 Å². The standard InChI is InChI=1S/C8H8FN/c1-6-3-7(9)5-8(4-6)10-2/h3-5H,2H2,1H3. The lowest BCUT2D eigenvalue weighted by molar-refractivity contribution is 0.627. The van der Waals surface area contributed by atoms with Crippen LogP contribution in [0, 0.1) is 12.7 Å². The van der Waals surface area contributed by atoms with E-state index in [9.17, 15) is 4.39 Å². The highest BCUT2D eigenvalue weighted by atomic mass is 19.1. The summed E-state index contributed by atoms with van der Waals surface area (Å²) in [6.45, 7) is 5.11. The van der Waals surface area contributed by atoms with Crippen molar-refractivity contribution in [3.05, 3.63) is 29.6 Å². The van der Waals surface area contributed by atoms with Gasteiger partial charge in [-0.05, 0) is 37.4 Å². The third-order valence-corrected chi connectivity index (χ3v) is 1.21. The van der Waals surface area contributed by atoms with Gasteiger partial charge < -0.3 is 0 Å². The fourth-order valence-electron chi connectivity index (χ4n) is 0.808. The summed E-state index contributed by atoms with van der Waals surface area (Å²) >= 11 is 0. The zero-order valence-corrected chi connectivity index (χ0v) is 5.76. The second-order valence-corrected chi connectivity index (χ2v) is 2.14. The Balaban J connectivity index is 3.18. The number of rotatable bonds is 1. The van der Waals surface area contributed by atoms with Crippen LogP contribution in [0.5, 0.6) is 0 Å². The summed E-state index contributed by atoms with van der Waals surface area (Å²) < 4.78 is 12.5. The first-order valence-electron chi connectivity index (χ1n) is 2.96. The number of benzene rings is 1. The van der Waals surface area contributed by atoms with E-state index >= 15 is 0 Å². The quantitative estimate of drug-likeness (QED) is 0.527. The van der Waals surface area contributed by atoms with E-state index in [2.05, 4.69) is 11.7 Å². The highest BCUT2D eigenvalue weighted by Gasteiger charge is 1.93. The molecule has 1 aromatic carbocycles. The minimum Gasteiger partial charge on any atom is -0.265 e. The first-order chi connectivity index (χ1) is 4.72. The first kappa shape index (κ1) is 6.93. The molecule has 0 radical (unpaired) electrons. The lowest BCUT2D eigenvalue weighted by Crippen LogP contribution is -1.75. The van der Waals surface area contributed by atoms with Crippen LogP contribution in [-0.4, -0.2) is 6.72 Å². The molecular weight excluding hydrogens is 129 g/mol. The highest BCUT2D eigenvalue weighted by Crippen LogP contribution is 2.14. The number of nitrogens with zero attached hydrogens (tertiary/aromatic N) is 1. The molecule has 0 bridgehead atoms. The van der Waals surface area contributed by atoms with E-state index in [1.165, 1.54) is 12.1 Å². The number of hydrogen-bond acceptors (Lipinski definition) is 1. The fraction of sp³-hybridized carbons (Fsp3) is 0.125. The first-order valence-corrected chi connectivity index (χ1v) is 2.96. The van der Waals surface area contributed by atoms with Crippen LogP contribution in [0.15, 0.2) is 23.2 Å². The lowest BCUT2D eigenvalue weighted by Gasteiger charge is -1.94. The lowest BCUT2D eigenvalue weighted by atomic mass is 10.2. The molecule has 10 heavy (non-hydrogen) atoms. The summed E-state index contributed by atoms with van der Waals surface area (Å²) in [5, 5.41) is 0. The molecule has 0 amide bonds. The van der Waals surface area contributed by atoms with Gasteiger partial charge >= 0.3 is 0 Å². The molecule has 0 aliphatic rings. The minimum atomic E-state index is -0.262. The monoisotopic (exact) mass is 137 g/mol. The number of hydrogen-bond donors (Lipinski definition) is 0. The van der Waals surface area contributed by atoms with Gasteiger partial charge in [0.2, 0.25) is 0 Å². The Kier molecular flexibility index (Phi) is 1.81. The van der Waals surface area contributed by atoms with E-state index < -0.39 is 0 Å². The Labute approximate surface area is 59.2 Å². The Hall–Kier alpha value is -1.18. The van der Waals surface area contributed by atoms with Crippen molar-refractivity contribution in [3.8, 4) is 0 Å². The van der Waals surface area contributed by atoms with Gasteiger partial charge in [-0.15, -0.1) is 0 Å². The van der Waals surface area contributed by atoms with Gasteiger partial charge in [-0.25, -0.2) is 4.39 Å². The Morgan fingerprint density at radius 3 is 2.60 bits per heavy atom. The summed E-state index contributed by atoms with van der Waals surface area (Å²) in [4.78, 5) is 3.60. The van der Waals surface area contributed by atoms with Gasteiger partial charge in [-0.2, -0.15) is 0 Å². The van der Waals surface area contributed by atoms with Crippen LogP contribution < -0.4 is 0 Å². The zero-order chi connectivity index (χ0) is 7.56.